The van der Waals surface area contributed by atoms with Crippen LogP contribution in [0.4, 0.5) is 4.79 Å². The van der Waals surface area contributed by atoms with Gasteiger partial charge in [0, 0.05) is 19.0 Å². The van der Waals surface area contributed by atoms with Crippen LogP contribution in [0.25, 0.3) is 0 Å². The Balaban J connectivity index is 2.63. The second-order valence-electron chi connectivity index (χ2n) is 4.23. The molecule has 2 amide bonds. The number of hydrogen-bond donors (Lipinski definition) is 2. The lowest BCUT2D eigenvalue weighted by molar-refractivity contribution is 0.239. The molecule has 4 nitrogen and oxygen atoms in total. The van der Waals surface area contributed by atoms with E-state index in [0.29, 0.717) is 6.54 Å². The molecule has 0 atom stereocenters. The van der Waals surface area contributed by atoms with Gasteiger partial charge in [0.1, 0.15) is 11.5 Å². The standard InChI is InChI=1S/C11H18N2O2/c1-8-5-6-9(15-8)11(2,3)7-13-10(14)12-4/h5-6H,7H2,1-4H3,(H2,12,13,14). The Bertz CT molecular complexity index is 342. The van der Waals surface area contributed by atoms with Crippen LogP contribution in [0.1, 0.15) is 25.4 Å². The molecule has 0 radical (unpaired) electrons. The fourth-order valence-electron chi connectivity index (χ4n) is 1.28. The molecule has 0 spiro atoms. The number of urea groups is 1. The van der Waals surface area contributed by atoms with Crippen LogP contribution in [-0.2, 0) is 5.41 Å². The summed E-state index contributed by atoms with van der Waals surface area (Å²) in [5, 5.41) is 5.28. The molecule has 84 valence electrons. The Morgan fingerprint density at radius 3 is 2.60 bits per heavy atom. The smallest absolute Gasteiger partial charge is 0.314 e. The van der Waals surface area contributed by atoms with Gasteiger partial charge in [-0.3, -0.25) is 0 Å². The minimum Gasteiger partial charge on any atom is -0.466 e. The van der Waals surface area contributed by atoms with Gasteiger partial charge in [0.15, 0.2) is 0 Å². The third-order valence-corrected chi connectivity index (χ3v) is 2.33. The monoisotopic (exact) mass is 210 g/mol. The summed E-state index contributed by atoms with van der Waals surface area (Å²) in [6, 6.07) is 3.70. The van der Waals surface area contributed by atoms with Gasteiger partial charge in [0.05, 0.1) is 0 Å². The SMILES string of the molecule is CNC(=O)NCC(C)(C)c1ccc(C)o1. The molecule has 4 heteroatoms. The molecule has 0 aliphatic rings. The van der Waals surface area contributed by atoms with E-state index in [-0.39, 0.29) is 11.4 Å². The summed E-state index contributed by atoms with van der Waals surface area (Å²) in [6.07, 6.45) is 0. The van der Waals surface area contributed by atoms with E-state index in [4.69, 9.17) is 4.42 Å². The number of nitrogens with one attached hydrogen (secondary N) is 2. The number of rotatable bonds is 3. The van der Waals surface area contributed by atoms with Crippen LogP contribution in [-0.4, -0.2) is 19.6 Å². The molecule has 1 heterocycles. The number of hydrogen-bond acceptors (Lipinski definition) is 2. The average Bonchev–Trinajstić information content (AvgIpc) is 2.62. The van der Waals surface area contributed by atoms with Crippen molar-refractivity contribution in [2.24, 2.45) is 0 Å². The molecule has 0 unspecified atom stereocenters. The van der Waals surface area contributed by atoms with Crippen LogP contribution >= 0.6 is 0 Å². The Labute approximate surface area is 90.0 Å². The van der Waals surface area contributed by atoms with Gasteiger partial charge >= 0.3 is 6.03 Å². The lowest BCUT2D eigenvalue weighted by atomic mass is 9.90. The quantitative estimate of drug-likeness (QED) is 0.799. The van der Waals surface area contributed by atoms with Crippen molar-refractivity contribution in [3.63, 3.8) is 0 Å². The molecule has 0 saturated carbocycles. The highest BCUT2D eigenvalue weighted by Gasteiger charge is 2.24. The number of carbonyl (C=O) groups excluding carboxylic acids is 1. The first-order valence-electron chi connectivity index (χ1n) is 4.98. The summed E-state index contributed by atoms with van der Waals surface area (Å²) in [5.41, 5.74) is -0.194. The molecule has 0 aromatic carbocycles. The number of carbonyl (C=O) groups is 1. The van der Waals surface area contributed by atoms with Gasteiger partial charge in [-0.1, -0.05) is 13.8 Å². The van der Waals surface area contributed by atoms with Crippen molar-refractivity contribution in [1.29, 1.82) is 0 Å². The van der Waals surface area contributed by atoms with E-state index in [1.807, 2.05) is 32.9 Å². The molecular formula is C11H18N2O2. The van der Waals surface area contributed by atoms with Gasteiger partial charge in [-0.2, -0.15) is 0 Å². The molecule has 0 aliphatic heterocycles. The molecule has 1 aromatic heterocycles. The summed E-state index contributed by atoms with van der Waals surface area (Å²) in [7, 11) is 1.60. The summed E-state index contributed by atoms with van der Waals surface area (Å²) in [4.78, 5) is 11.0. The normalized spacial score (nSPS) is 11.2. The third-order valence-electron chi connectivity index (χ3n) is 2.33. The van der Waals surface area contributed by atoms with Crippen LogP contribution in [0, 0.1) is 6.92 Å². The second kappa shape index (κ2) is 4.38. The van der Waals surface area contributed by atoms with Crippen molar-refractivity contribution in [2.45, 2.75) is 26.2 Å². The van der Waals surface area contributed by atoms with Gasteiger partial charge in [-0.05, 0) is 19.1 Å². The van der Waals surface area contributed by atoms with Crippen molar-refractivity contribution in [2.75, 3.05) is 13.6 Å². The minimum atomic E-state index is -0.194. The van der Waals surface area contributed by atoms with Crippen LogP contribution in [0.2, 0.25) is 0 Å². The number of furan rings is 1. The molecule has 0 fully saturated rings. The maximum absolute atomic E-state index is 11.0. The van der Waals surface area contributed by atoms with Gasteiger partial charge < -0.3 is 15.1 Å². The van der Waals surface area contributed by atoms with Crippen molar-refractivity contribution in [3.05, 3.63) is 23.7 Å². The molecule has 1 rings (SSSR count). The van der Waals surface area contributed by atoms with Gasteiger partial charge in [-0.15, -0.1) is 0 Å². The van der Waals surface area contributed by atoms with Crippen LogP contribution in [0.3, 0.4) is 0 Å². The lowest BCUT2D eigenvalue weighted by Crippen LogP contribution is -2.40. The summed E-state index contributed by atoms with van der Waals surface area (Å²) < 4.78 is 5.54. The zero-order valence-electron chi connectivity index (χ0n) is 9.68. The van der Waals surface area contributed by atoms with Gasteiger partial charge in [-0.25, -0.2) is 4.79 Å². The zero-order valence-corrected chi connectivity index (χ0v) is 9.68. The molecule has 2 N–H and O–H groups in total. The van der Waals surface area contributed by atoms with Gasteiger partial charge in [0.25, 0.3) is 0 Å². The van der Waals surface area contributed by atoms with E-state index in [0.717, 1.165) is 11.5 Å². The van der Waals surface area contributed by atoms with Crippen molar-refractivity contribution < 1.29 is 9.21 Å². The minimum absolute atomic E-state index is 0.175. The topological polar surface area (TPSA) is 54.3 Å². The predicted molar refractivity (Wildman–Crippen MR) is 58.9 cm³/mol. The first kappa shape index (κ1) is 11.6. The average molecular weight is 210 g/mol. The lowest BCUT2D eigenvalue weighted by Gasteiger charge is -2.22. The van der Waals surface area contributed by atoms with Gasteiger partial charge in [0.2, 0.25) is 0 Å². The van der Waals surface area contributed by atoms with Crippen LogP contribution < -0.4 is 10.6 Å². The maximum Gasteiger partial charge on any atom is 0.314 e. The molecule has 0 bridgehead atoms. The first-order valence-corrected chi connectivity index (χ1v) is 4.98. The predicted octanol–water partition coefficient (Wildman–Crippen LogP) is 1.79. The van der Waals surface area contributed by atoms with Crippen molar-refractivity contribution in [1.82, 2.24) is 10.6 Å². The number of amides is 2. The molecule has 0 saturated heterocycles. The third kappa shape index (κ3) is 3.01. The number of aryl methyl sites for hydroxylation is 1. The van der Waals surface area contributed by atoms with E-state index in [9.17, 15) is 4.79 Å². The van der Waals surface area contributed by atoms with E-state index in [1.165, 1.54) is 0 Å². The highest BCUT2D eigenvalue weighted by atomic mass is 16.3. The fourth-order valence-corrected chi connectivity index (χ4v) is 1.28. The van der Waals surface area contributed by atoms with Crippen molar-refractivity contribution in [3.8, 4) is 0 Å². The van der Waals surface area contributed by atoms with E-state index in [1.54, 1.807) is 7.05 Å². The molecule has 1 aromatic rings. The Kier molecular flexibility index (Phi) is 3.39. The second-order valence-corrected chi connectivity index (χ2v) is 4.23. The Hall–Kier alpha value is -1.45. The van der Waals surface area contributed by atoms with Crippen molar-refractivity contribution >= 4 is 6.03 Å². The summed E-state index contributed by atoms with van der Waals surface area (Å²) in [5.74, 6) is 1.77. The Morgan fingerprint density at radius 2 is 2.13 bits per heavy atom. The fraction of sp³-hybridized carbons (Fsp3) is 0.545. The molecule has 15 heavy (non-hydrogen) atoms. The summed E-state index contributed by atoms with van der Waals surface area (Å²) >= 11 is 0. The van der Waals surface area contributed by atoms with E-state index in [2.05, 4.69) is 10.6 Å². The van der Waals surface area contributed by atoms with Crippen LogP contribution in [0.5, 0.6) is 0 Å². The largest absolute Gasteiger partial charge is 0.466 e. The highest BCUT2D eigenvalue weighted by molar-refractivity contribution is 5.73. The van der Waals surface area contributed by atoms with Crippen LogP contribution in [0.15, 0.2) is 16.5 Å². The Morgan fingerprint density at radius 1 is 1.47 bits per heavy atom. The van der Waals surface area contributed by atoms with E-state index >= 15 is 0 Å². The highest BCUT2D eigenvalue weighted by Crippen LogP contribution is 2.24. The maximum atomic E-state index is 11.0. The zero-order chi connectivity index (χ0) is 11.5. The molecule has 0 aliphatic carbocycles. The summed E-state index contributed by atoms with van der Waals surface area (Å²) in [6.45, 7) is 6.51. The van der Waals surface area contributed by atoms with E-state index < -0.39 is 0 Å². The molecular weight excluding hydrogens is 192 g/mol. The first-order chi connectivity index (χ1) is 6.95.